The van der Waals surface area contributed by atoms with Gasteiger partial charge in [0.15, 0.2) is 11.5 Å². The number of hydrogen-bond acceptors (Lipinski definition) is 5. The van der Waals surface area contributed by atoms with Crippen molar-refractivity contribution < 1.29 is 9.18 Å². The van der Waals surface area contributed by atoms with Crippen LogP contribution in [-0.2, 0) is 6.54 Å². The van der Waals surface area contributed by atoms with Gasteiger partial charge in [-0.1, -0.05) is 22.9 Å². The zero-order valence-electron chi connectivity index (χ0n) is 11.4. The predicted molar refractivity (Wildman–Crippen MR) is 76.7 cm³/mol. The smallest absolute Gasteiger partial charge is 0.340 e. The van der Waals surface area contributed by atoms with E-state index in [-0.39, 0.29) is 28.8 Å². The van der Waals surface area contributed by atoms with Crippen molar-refractivity contribution in [1.29, 1.82) is 0 Å². The third-order valence-electron chi connectivity index (χ3n) is 2.87. The van der Waals surface area contributed by atoms with Gasteiger partial charge in [-0.05, 0) is 12.1 Å². The fraction of sp³-hybridized carbons (Fsp3) is 0.0833. The number of H-pyrrole nitrogens is 2. The van der Waals surface area contributed by atoms with Gasteiger partial charge in [0.05, 0.1) is 17.8 Å². The maximum absolute atomic E-state index is 13.9. The maximum Gasteiger partial charge on any atom is 0.340 e. The molecule has 118 valence electrons. The third kappa shape index (κ3) is 3.11. The fourth-order valence-corrected chi connectivity index (χ4v) is 1.97. The van der Waals surface area contributed by atoms with Crippen LogP contribution in [0.25, 0.3) is 5.69 Å². The Morgan fingerprint density at radius 1 is 1.43 bits per heavy atom. The molecule has 3 rings (SSSR count). The first-order chi connectivity index (χ1) is 11.0. The van der Waals surface area contributed by atoms with Gasteiger partial charge in [0.1, 0.15) is 11.5 Å². The number of aromatic nitrogens is 6. The standard InChI is InChI=1S/C12H9ClFN7O2/c13-6-2-1-3-8(10(6)14)21-5-7(17-20-21)11(22)15-4-9-16-12(23)19-18-9/h1-3,5H,4H2,(H,15,22)(H2,16,18,19,23). The molecule has 3 N–H and O–H groups in total. The molecular formula is C12H9ClFN7O2. The second-order valence-corrected chi connectivity index (χ2v) is 4.84. The van der Waals surface area contributed by atoms with Crippen molar-refractivity contribution in [3.63, 3.8) is 0 Å². The molecule has 23 heavy (non-hydrogen) atoms. The summed E-state index contributed by atoms with van der Waals surface area (Å²) in [4.78, 5) is 25.2. The Morgan fingerprint density at radius 3 is 3.00 bits per heavy atom. The van der Waals surface area contributed by atoms with Crippen molar-refractivity contribution in [2.45, 2.75) is 6.54 Å². The lowest BCUT2D eigenvalue weighted by Crippen LogP contribution is -2.24. The first-order valence-electron chi connectivity index (χ1n) is 6.33. The highest BCUT2D eigenvalue weighted by Crippen LogP contribution is 2.20. The van der Waals surface area contributed by atoms with E-state index in [2.05, 4.69) is 30.8 Å². The Kier molecular flexibility index (Phi) is 3.89. The van der Waals surface area contributed by atoms with Crippen LogP contribution in [-0.4, -0.2) is 36.1 Å². The number of aromatic amines is 2. The summed E-state index contributed by atoms with van der Waals surface area (Å²) in [6.45, 7) is -0.00401. The molecule has 0 aliphatic carbocycles. The average Bonchev–Trinajstić information content (AvgIpc) is 3.17. The second-order valence-electron chi connectivity index (χ2n) is 4.43. The third-order valence-corrected chi connectivity index (χ3v) is 3.16. The van der Waals surface area contributed by atoms with Crippen molar-refractivity contribution in [3.05, 3.63) is 57.2 Å². The first-order valence-corrected chi connectivity index (χ1v) is 6.71. The quantitative estimate of drug-likeness (QED) is 0.636. The molecule has 0 bridgehead atoms. The summed E-state index contributed by atoms with van der Waals surface area (Å²) < 4.78 is 15.0. The van der Waals surface area contributed by atoms with Crippen molar-refractivity contribution in [1.82, 2.24) is 35.5 Å². The SMILES string of the molecule is O=C(NCc1n[nH]c(=O)[nH]1)c1cn(-c2cccc(Cl)c2F)nn1. The van der Waals surface area contributed by atoms with Gasteiger partial charge < -0.3 is 5.32 Å². The van der Waals surface area contributed by atoms with Gasteiger partial charge >= 0.3 is 5.69 Å². The molecule has 2 aromatic heterocycles. The highest BCUT2D eigenvalue weighted by atomic mass is 35.5. The molecule has 0 aliphatic heterocycles. The van der Waals surface area contributed by atoms with E-state index in [0.29, 0.717) is 0 Å². The van der Waals surface area contributed by atoms with Crippen molar-refractivity contribution in [2.24, 2.45) is 0 Å². The number of amides is 1. The van der Waals surface area contributed by atoms with Gasteiger partial charge in [0.25, 0.3) is 5.91 Å². The molecule has 0 saturated heterocycles. The Labute approximate surface area is 132 Å². The van der Waals surface area contributed by atoms with E-state index < -0.39 is 17.4 Å². The number of carbonyl (C=O) groups excluding carboxylic acids is 1. The minimum atomic E-state index is -0.667. The van der Waals surface area contributed by atoms with Crippen LogP contribution in [0.2, 0.25) is 5.02 Å². The van der Waals surface area contributed by atoms with E-state index in [1.54, 1.807) is 6.07 Å². The zero-order valence-corrected chi connectivity index (χ0v) is 12.1. The van der Waals surface area contributed by atoms with Crippen LogP contribution in [0.4, 0.5) is 4.39 Å². The first kappa shape index (κ1) is 14.9. The molecule has 0 aliphatic rings. The van der Waals surface area contributed by atoms with Gasteiger partial charge in [0, 0.05) is 0 Å². The highest BCUT2D eigenvalue weighted by Gasteiger charge is 2.15. The monoisotopic (exact) mass is 337 g/mol. The molecule has 2 heterocycles. The molecule has 0 radical (unpaired) electrons. The van der Waals surface area contributed by atoms with E-state index in [1.807, 2.05) is 0 Å². The molecule has 1 amide bonds. The largest absolute Gasteiger partial charge is 0.343 e. The molecule has 11 heteroatoms. The van der Waals surface area contributed by atoms with Crippen LogP contribution in [0, 0.1) is 5.82 Å². The Balaban J connectivity index is 1.74. The number of carbonyl (C=O) groups is 1. The van der Waals surface area contributed by atoms with Gasteiger partial charge in [-0.3, -0.25) is 9.78 Å². The minimum absolute atomic E-state index is 0.00401. The molecule has 0 atom stereocenters. The topological polar surface area (TPSA) is 121 Å². The van der Waals surface area contributed by atoms with Gasteiger partial charge in [-0.25, -0.2) is 19.0 Å². The molecule has 0 fully saturated rings. The van der Waals surface area contributed by atoms with E-state index >= 15 is 0 Å². The summed E-state index contributed by atoms with van der Waals surface area (Å²) in [6, 6.07) is 4.40. The van der Waals surface area contributed by atoms with E-state index in [1.165, 1.54) is 18.3 Å². The molecule has 3 aromatic rings. The summed E-state index contributed by atoms with van der Waals surface area (Å²) >= 11 is 5.70. The summed E-state index contributed by atoms with van der Waals surface area (Å²) in [5.41, 5.74) is -0.431. The van der Waals surface area contributed by atoms with Gasteiger partial charge in [0.2, 0.25) is 0 Å². The number of nitrogens with zero attached hydrogens (tertiary/aromatic N) is 4. The lowest BCUT2D eigenvalue weighted by Gasteiger charge is -2.02. The van der Waals surface area contributed by atoms with Crippen LogP contribution in [0.1, 0.15) is 16.3 Å². The van der Waals surface area contributed by atoms with Crippen molar-refractivity contribution in [3.8, 4) is 5.69 Å². The summed E-state index contributed by atoms with van der Waals surface area (Å²) in [7, 11) is 0. The molecule has 0 spiro atoms. The number of nitrogens with one attached hydrogen (secondary N) is 3. The Hall–Kier alpha value is -3.01. The lowest BCUT2D eigenvalue weighted by molar-refractivity contribution is 0.0945. The van der Waals surface area contributed by atoms with Crippen LogP contribution < -0.4 is 11.0 Å². The van der Waals surface area contributed by atoms with Crippen molar-refractivity contribution in [2.75, 3.05) is 0 Å². The molecule has 0 saturated carbocycles. The van der Waals surface area contributed by atoms with E-state index in [9.17, 15) is 14.0 Å². The van der Waals surface area contributed by atoms with E-state index in [4.69, 9.17) is 11.6 Å². The highest BCUT2D eigenvalue weighted by molar-refractivity contribution is 6.30. The number of halogens is 2. The second kappa shape index (κ2) is 6.01. The van der Waals surface area contributed by atoms with Crippen LogP contribution >= 0.6 is 11.6 Å². The van der Waals surface area contributed by atoms with Crippen LogP contribution in [0.3, 0.4) is 0 Å². The van der Waals surface area contributed by atoms with Crippen LogP contribution in [0.15, 0.2) is 29.2 Å². The number of benzene rings is 1. The zero-order chi connectivity index (χ0) is 16.4. The Bertz CT molecular complexity index is 916. The Morgan fingerprint density at radius 2 is 2.26 bits per heavy atom. The summed E-state index contributed by atoms with van der Waals surface area (Å²) in [5.74, 6) is -0.959. The average molecular weight is 338 g/mol. The molecule has 9 nitrogen and oxygen atoms in total. The number of rotatable bonds is 4. The van der Waals surface area contributed by atoms with Gasteiger partial charge in [-0.15, -0.1) is 5.10 Å². The predicted octanol–water partition coefficient (Wildman–Crippen LogP) is 0.401. The summed E-state index contributed by atoms with van der Waals surface area (Å²) in [5, 5.41) is 15.6. The van der Waals surface area contributed by atoms with Crippen molar-refractivity contribution >= 4 is 17.5 Å². The fourth-order valence-electron chi connectivity index (χ4n) is 1.80. The minimum Gasteiger partial charge on any atom is -0.343 e. The normalized spacial score (nSPS) is 10.7. The van der Waals surface area contributed by atoms with Gasteiger partial charge in [-0.2, -0.15) is 5.10 Å². The van der Waals surface area contributed by atoms with Crippen LogP contribution in [0.5, 0.6) is 0 Å². The number of hydrogen-bond donors (Lipinski definition) is 3. The maximum atomic E-state index is 13.9. The molecule has 0 unspecified atom stereocenters. The summed E-state index contributed by atoms with van der Waals surface area (Å²) in [6.07, 6.45) is 1.26. The molecular weight excluding hydrogens is 329 g/mol. The van der Waals surface area contributed by atoms with E-state index in [0.717, 1.165) is 4.68 Å². The lowest BCUT2D eigenvalue weighted by atomic mass is 10.3. The molecule has 1 aromatic carbocycles.